The molecule has 1 aromatic heterocycles. The molecule has 1 aromatic rings. The molecule has 0 spiro atoms. The van der Waals surface area contributed by atoms with E-state index in [-0.39, 0.29) is 0 Å². The average molecular weight is 123 g/mol. The van der Waals surface area contributed by atoms with Crippen molar-refractivity contribution in [2.45, 2.75) is 13.0 Å². The molecule has 0 unspecified atom stereocenters. The lowest BCUT2D eigenvalue weighted by atomic mass is 10.1. The zero-order valence-corrected chi connectivity index (χ0v) is 5.18. The number of fused-ring (bicyclic) bond motifs is 1. The van der Waals surface area contributed by atoms with Gasteiger partial charge < -0.3 is 9.73 Å². The third kappa shape index (κ3) is 0.754. The first-order valence-electron chi connectivity index (χ1n) is 3.23. The van der Waals surface area contributed by atoms with Crippen molar-refractivity contribution >= 4 is 0 Å². The molecule has 0 saturated carbocycles. The lowest BCUT2D eigenvalue weighted by Gasteiger charge is -2.09. The molecule has 2 heteroatoms. The zero-order chi connectivity index (χ0) is 6.10. The summed E-state index contributed by atoms with van der Waals surface area (Å²) in [5, 5.41) is 3.27. The Kier molecular flexibility index (Phi) is 1.06. The zero-order valence-electron chi connectivity index (χ0n) is 5.18. The minimum atomic E-state index is 0.978. The van der Waals surface area contributed by atoms with Gasteiger partial charge in [0.2, 0.25) is 0 Å². The fourth-order valence-corrected chi connectivity index (χ4v) is 1.17. The van der Waals surface area contributed by atoms with Crippen LogP contribution in [-0.2, 0) is 13.0 Å². The Balaban J connectivity index is 2.39. The number of hydrogen-bond donors (Lipinski definition) is 1. The van der Waals surface area contributed by atoms with E-state index in [0.29, 0.717) is 0 Å². The monoisotopic (exact) mass is 123 g/mol. The topological polar surface area (TPSA) is 25.2 Å². The van der Waals surface area contributed by atoms with E-state index in [2.05, 4.69) is 5.32 Å². The lowest BCUT2D eigenvalue weighted by molar-refractivity contribution is 0.474. The van der Waals surface area contributed by atoms with Crippen LogP contribution in [0.3, 0.4) is 0 Å². The van der Waals surface area contributed by atoms with Crippen molar-refractivity contribution in [2.75, 3.05) is 6.54 Å². The molecule has 0 aliphatic carbocycles. The maximum absolute atomic E-state index is 5.22. The van der Waals surface area contributed by atoms with Gasteiger partial charge in [-0.05, 0) is 6.07 Å². The van der Waals surface area contributed by atoms with Crippen molar-refractivity contribution in [2.24, 2.45) is 0 Å². The molecule has 0 amide bonds. The van der Waals surface area contributed by atoms with Crippen LogP contribution in [0.1, 0.15) is 11.3 Å². The molecule has 0 radical (unpaired) electrons. The maximum Gasteiger partial charge on any atom is 0.109 e. The maximum atomic E-state index is 5.22. The van der Waals surface area contributed by atoms with E-state index in [1.165, 1.54) is 5.56 Å². The first-order valence-corrected chi connectivity index (χ1v) is 3.23. The van der Waals surface area contributed by atoms with Crippen molar-refractivity contribution in [3.8, 4) is 0 Å². The van der Waals surface area contributed by atoms with E-state index in [4.69, 9.17) is 4.42 Å². The van der Waals surface area contributed by atoms with Crippen LogP contribution in [0.2, 0.25) is 0 Å². The summed E-state index contributed by atoms with van der Waals surface area (Å²) in [7, 11) is 0. The van der Waals surface area contributed by atoms with E-state index in [1.807, 2.05) is 6.07 Å². The molecule has 0 aromatic carbocycles. The minimum absolute atomic E-state index is 0.978. The highest BCUT2D eigenvalue weighted by Crippen LogP contribution is 2.13. The van der Waals surface area contributed by atoms with Crippen LogP contribution in [-0.4, -0.2) is 6.54 Å². The van der Waals surface area contributed by atoms with Gasteiger partial charge in [0.15, 0.2) is 0 Å². The average Bonchev–Trinajstić information content (AvgIpc) is 2.33. The summed E-state index contributed by atoms with van der Waals surface area (Å²) < 4.78 is 5.22. The molecule has 2 rings (SSSR count). The Hall–Kier alpha value is -0.760. The van der Waals surface area contributed by atoms with Gasteiger partial charge in [0.25, 0.3) is 0 Å². The van der Waals surface area contributed by atoms with Gasteiger partial charge in [0.05, 0.1) is 6.26 Å². The number of hydrogen-bond acceptors (Lipinski definition) is 2. The third-order valence-corrected chi connectivity index (χ3v) is 1.68. The molecule has 2 nitrogen and oxygen atoms in total. The standard InChI is InChI=1S/C7H9NO/c1-3-8-5-6-2-4-9-7(1)6/h2,4,8H,1,3,5H2. The van der Waals surface area contributed by atoms with Crippen LogP contribution in [0.5, 0.6) is 0 Å². The molecule has 1 aliphatic rings. The minimum Gasteiger partial charge on any atom is -0.469 e. The Bertz CT molecular complexity index is 184. The lowest BCUT2D eigenvalue weighted by Crippen LogP contribution is -2.22. The van der Waals surface area contributed by atoms with Gasteiger partial charge in [-0.2, -0.15) is 0 Å². The second-order valence-electron chi connectivity index (χ2n) is 2.30. The summed E-state index contributed by atoms with van der Waals surface area (Å²) in [4.78, 5) is 0. The molecular formula is C7H9NO. The molecule has 48 valence electrons. The first-order chi connectivity index (χ1) is 4.47. The van der Waals surface area contributed by atoms with Crippen molar-refractivity contribution < 1.29 is 4.42 Å². The van der Waals surface area contributed by atoms with E-state index in [9.17, 15) is 0 Å². The molecule has 0 bridgehead atoms. The number of rotatable bonds is 0. The van der Waals surface area contributed by atoms with E-state index < -0.39 is 0 Å². The first kappa shape index (κ1) is 5.06. The molecule has 2 heterocycles. The number of furan rings is 1. The largest absolute Gasteiger partial charge is 0.469 e. The molecule has 1 aliphatic heterocycles. The van der Waals surface area contributed by atoms with Crippen LogP contribution in [0.25, 0.3) is 0 Å². The summed E-state index contributed by atoms with van der Waals surface area (Å²) in [6.45, 7) is 2.03. The van der Waals surface area contributed by atoms with Gasteiger partial charge in [-0.15, -0.1) is 0 Å². The Morgan fingerprint density at radius 2 is 2.56 bits per heavy atom. The van der Waals surface area contributed by atoms with Gasteiger partial charge in [-0.25, -0.2) is 0 Å². The number of nitrogens with one attached hydrogen (secondary N) is 1. The van der Waals surface area contributed by atoms with Crippen LogP contribution < -0.4 is 5.32 Å². The summed E-state index contributed by atoms with van der Waals surface area (Å²) in [5.41, 5.74) is 1.32. The molecule has 1 N–H and O–H groups in total. The molecule has 0 saturated heterocycles. The van der Waals surface area contributed by atoms with E-state index >= 15 is 0 Å². The normalized spacial score (nSPS) is 17.3. The summed E-state index contributed by atoms with van der Waals surface area (Å²) in [6, 6.07) is 2.03. The quantitative estimate of drug-likeness (QED) is 0.555. The van der Waals surface area contributed by atoms with Gasteiger partial charge in [0, 0.05) is 25.1 Å². The Morgan fingerprint density at radius 3 is 3.44 bits per heavy atom. The van der Waals surface area contributed by atoms with Crippen molar-refractivity contribution in [3.05, 3.63) is 23.7 Å². The third-order valence-electron chi connectivity index (χ3n) is 1.68. The van der Waals surface area contributed by atoms with Gasteiger partial charge in [-0.3, -0.25) is 0 Å². The SMILES string of the molecule is c1cc2c(o1)CCNC2. The van der Waals surface area contributed by atoms with Crippen LogP contribution in [0.15, 0.2) is 16.7 Å². The Labute approximate surface area is 53.9 Å². The predicted molar refractivity (Wildman–Crippen MR) is 34.1 cm³/mol. The van der Waals surface area contributed by atoms with E-state index in [0.717, 1.165) is 25.3 Å². The van der Waals surface area contributed by atoms with E-state index in [1.54, 1.807) is 6.26 Å². The van der Waals surface area contributed by atoms with Crippen molar-refractivity contribution in [1.82, 2.24) is 5.32 Å². The smallest absolute Gasteiger partial charge is 0.109 e. The predicted octanol–water partition coefficient (Wildman–Crippen LogP) is 0.925. The van der Waals surface area contributed by atoms with Crippen LogP contribution >= 0.6 is 0 Å². The van der Waals surface area contributed by atoms with Crippen molar-refractivity contribution in [1.29, 1.82) is 0 Å². The summed E-state index contributed by atoms with van der Waals surface area (Å²) in [5.74, 6) is 1.16. The van der Waals surface area contributed by atoms with Crippen molar-refractivity contribution in [3.63, 3.8) is 0 Å². The fraction of sp³-hybridized carbons (Fsp3) is 0.429. The molecule has 9 heavy (non-hydrogen) atoms. The van der Waals surface area contributed by atoms with Gasteiger partial charge >= 0.3 is 0 Å². The molecule has 0 fully saturated rings. The molecule has 0 atom stereocenters. The Morgan fingerprint density at radius 1 is 1.56 bits per heavy atom. The van der Waals surface area contributed by atoms with Gasteiger partial charge in [0.1, 0.15) is 5.76 Å². The highest BCUT2D eigenvalue weighted by atomic mass is 16.3. The summed E-state index contributed by atoms with van der Waals surface area (Å²) >= 11 is 0. The second kappa shape index (κ2) is 1.88. The fourth-order valence-electron chi connectivity index (χ4n) is 1.17. The van der Waals surface area contributed by atoms with Crippen LogP contribution in [0, 0.1) is 0 Å². The second-order valence-corrected chi connectivity index (χ2v) is 2.30. The summed E-state index contributed by atoms with van der Waals surface area (Å²) in [6.07, 6.45) is 2.81. The highest BCUT2D eigenvalue weighted by Gasteiger charge is 2.09. The molecular weight excluding hydrogens is 114 g/mol. The highest BCUT2D eigenvalue weighted by molar-refractivity contribution is 5.18. The van der Waals surface area contributed by atoms with Crippen LogP contribution in [0.4, 0.5) is 0 Å². The van der Waals surface area contributed by atoms with Gasteiger partial charge in [-0.1, -0.05) is 0 Å².